The van der Waals surface area contributed by atoms with Crippen LogP contribution in [0.5, 0.6) is 11.5 Å². The number of hydrogen-bond acceptors (Lipinski definition) is 6. The Morgan fingerprint density at radius 1 is 1.38 bits per heavy atom. The van der Waals surface area contributed by atoms with Gasteiger partial charge in [-0.1, -0.05) is 6.07 Å². The highest BCUT2D eigenvalue weighted by molar-refractivity contribution is 5.97. The largest absolute Gasteiger partial charge is 0.496 e. The maximum atomic E-state index is 12.5. The first kappa shape index (κ1) is 15.1. The van der Waals surface area contributed by atoms with E-state index in [1.807, 2.05) is 0 Å². The third-order valence-corrected chi connectivity index (χ3v) is 3.32. The molecule has 0 aliphatic carbocycles. The molecule has 1 aromatic carbocycles. The van der Waals surface area contributed by atoms with E-state index in [-0.39, 0.29) is 13.2 Å². The second kappa shape index (κ2) is 6.45. The van der Waals surface area contributed by atoms with Crippen LogP contribution in [-0.4, -0.2) is 56.0 Å². The van der Waals surface area contributed by atoms with Gasteiger partial charge in [0.15, 0.2) is 0 Å². The SMILES string of the molecule is COc1cccc(OC)c1C(CO)C(=O)N1CCOC1=O. The van der Waals surface area contributed by atoms with Crippen LogP contribution < -0.4 is 9.47 Å². The van der Waals surface area contributed by atoms with Gasteiger partial charge < -0.3 is 19.3 Å². The Morgan fingerprint density at radius 3 is 2.43 bits per heavy atom. The molecule has 0 saturated carbocycles. The highest BCUT2D eigenvalue weighted by Gasteiger charge is 2.36. The number of carbonyl (C=O) groups excluding carboxylic acids is 2. The third kappa shape index (κ3) is 2.78. The number of aliphatic hydroxyl groups excluding tert-OH is 1. The normalized spacial score (nSPS) is 15.6. The van der Waals surface area contributed by atoms with Gasteiger partial charge in [-0.2, -0.15) is 0 Å². The third-order valence-electron chi connectivity index (χ3n) is 3.32. The van der Waals surface area contributed by atoms with Crippen molar-refractivity contribution in [1.29, 1.82) is 0 Å². The van der Waals surface area contributed by atoms with Gasteiger partial charge in [0.1, 0.15) is 18.1 Å². The zero-order valence-corrected chi connectivity index (χ0v) is 11.9. The van der Waals surface area contributed by atoms with Crippen LogP contribution in [0.4, 0.5) is 4.79 Å². The van der Waals surface area contributed by atoms with Crippen LogP contribution in [0.2, 0.25) is 0 Å². The summed E-state index contributed by atoms with van der Waals surface area (Å²) in [6, 6.07) is 5.04. The minimum absolute atomic E-state index is 0.159. The van der Waals surface area contributed by atoms with E-state index in [0.717, 1.165) is 4.90 Å². The molecule has 114 valence electrons. The summed E-state index contributed by atoms with van der Waals surface area (Å²) in [4.78, 5) is 25.0. The van der Waals surface area contributed by atoms with Crippen molar-refractivity contribution in [3.63, 3.8) is 0 Å². The van der Waals surface area contributed by atoms with E-state index in [1.165, 1.54) is 14.2 Å². The van der Waals surface area contributed by atoms with Crippen LogP contribution in [-0.2, 0) is 9.53 Å². The molecule has 1 aliphatic heterocycles. The fraction of sp³-hybridized carbons (Fsp3) is 0.429. The predicted octanol–water partition coefficient (Wildman–Crippen LogP) is 0.758. The molecule has 1 saturated heterocycles. The Bertz CT molecular complexity index is 522. The lowest BCUT2D eigenvalue weighted by Gasteiger charge is -2.22. The molecular weight excluding hydrogens is 278 g/mol. The molecule has 7 nitrogen and oxygen atoms in total. The number of benzene rings is 1. The Balaban J connectivity index is 2.41. The summed E-state index contributed by atoms with van der Waals surface area (Å²) in [5.74, 6) is -0.673. The van der Waals surface area contributed by atoms with Crippen molar-refractivity contribution >= 4 is 12.0 Å². The zero-order valence-electron chi connectivity index (χ0n) is 11.9. The summed E-state index contributed by atoms with van der Waals surface area (Å²) in [6.07, 6.45) is -0.702. The van der Waals surface area contributed by atoms with E-state index in [9.17, 15) is 14.7 Å². The maximum Gasteiger partial charge on any atom is 0.416 e. The molecule has 1 N–H and O–H groups in total. The van der Waals surface area contributed by atoms with E-state index in [2.05, 4.69) is 0 Å². The lowest BCUT2D eigenvalue weighted by Crippen LogP contribution is -2.37. The first-order chi connectivity index (χ1) is 10.1. The molecular formula is C14H17NO6. The molecule has 1 aromatic rings. The van der Waals surface area contributed by atoms with Crippen LogP contribution in [0.25, 0.3) is 0 Å². The summed E-state index contributed by atoms with van der Waals surface area (Å²) in [5, 5.41) is 9.63. The van der Waals surface area contributed by atoms with E-state index in [0.29, 0.717) is 17.1 Å². The van der Waals surface area contributed by atoms with E-state index in [4.69, 9.17) is 14.2 Å². The number of methoxy groups -OCH3 is 2. The predicted molar refractivity (Wildman–Crippen MR) is 72.4 cm³/mol. The molecule has 1 aliphatic rings. The Kier molecular flexibility index (Phi) is 4.64. The summed E-state index contributed by atoms with van der Waals surface area (Å²) >= 11 is 0. The molecule has 0 aromatic heterocycles. The standard InChI is InChI=1S/C14H17NO6/c1-19-10-4-3-5-11(20-2)12(10)9(8-16)13(17)15-6-7-21-14(15)18/h3-5,9,16H,6-8H2,1-2H3. The average molecular weight is 295 g/mol. The van der Waals surface area contributed by atoms with Crippen molar-refractivity contribution in [1.82, 2.24) is 4.90 Å². The molecule has 0 bridgehead atoms. The second-order valence-electron chi connectivity index (χ2n) is 4.42. The highest BCUT2D eigenvalue weighted by atomic mass is 16.6. The van der Waals surface area contributed by atoms with Crippen molar-refractivity contribution < 1.29 is 28.9 Å². The van der Waals surface area contributed by atoms with Gasteiger partial charge in [0, 0.05) is 0 Å². The molecule has 1 heterocycles. The minimum Gasteiger partial charge on any atom is -0.496 e. The summed E-state index contributed by atoms with van der Waals surface area (Å²) in [5.41, 5.74) is 0.412. The van der Waals surface area contributed by atoms with E-state index >= 15 is 0 Å². The molecule has 2 amide bonds. The molecule has 2 rings (SSSR count). The molecule has 7 heteroatoms. The molecule has 21 heavy (non-hydrogen) atoms. The van der Waals surface area contributed by atoms with Gasteiger partial charge in [0.2, 0.25) is 5.91 Å². The van der Waals surface area contributed by atoms with Crippen molar-refractivity contribution in [3.8, 4) is 11.5 Å². The number of amides is 2. The van der Waals surface area contributed by atoms with Crippen molar-refractivity contribution in [2.24, 2.45) is 0 Å². The fourth-order valence-electron chi connectivity index (χ4n) is 2.30. The number of cyclic esters (lactones) is 1. The molecule has 1 atom stereocenters. The number of nitrogens with zero attached hydrogens (tertiary/aromatic N) is 1. The quantitative estimate of drug-likeness (QED) is 0.863. The number of rotatable bonds is 5. The maximum absolute atomic E-state index is 12.5. The van der Waals surface area contributed by atoms with Crippen LogP contribution in [0.3, 0.4) is 0 Å². The summed E-state index contributed by atoms with van der Waals surface area (Å²) in [7, 11) is 2.92. The van der Waals surface area contributed by atoms with Gasteiger partial charge in [-0.25, -0.2) is 9.69 Å². The fourth-order valence-corrected chi connectivity index (χ4v) is 2.30. The van der Waals surface area contributed by atoms with Crippen molar-refractivity contribution in [3.05, 3.63) is 23.8 Å². The van der Waals surface area contributed by atoms with Gasteiger partial charge in [-0.3, -0.25) is 4.79 Å². The van der Waals surface area contributed by atoms with Crippen LogP contribution in [0.15, 0.2) is 18.2 Å². The average Bonchev–Trinajstić information content (AvgIpc) is 2.94. The van der Waals surface area contributed by atoms with Gasteiger partial charge >= 0.3 is 6.09 Å². The first-order valence-corrected chi connectivity index (χ1v) is 6.44. The molecule has 0 radical (unpaired) electrons. The van der Waals surface area contributed by atoms with E-state index < -0.39 is 24.5 Å². The second-order valence-corrected chi connectivity index (χ2v) is 4.42. The summed E-state index contributed by atoms with van der Waals surface area (Å²) in [6.45, 7) is -0.142. The number of aliphatic hydroxyl groups is 1. The van der Waals surface area contributed by atoms with Gasteiger partial charge in [-0.05, 0) is 12.1 Å². The number of carbonyl (C=O) groups is 2. The Hall–Kier alpha value is -2.28. The van der Waals surface area contributed by atoms with Crippen LogP contribution >= 0.6 is 0 Å². The van der Waals surface area contributed by atoms with E-state index in [1.54, 1.807) is 18.2 Å². The van der Waals surface area contributed by atoms with Crippen LogP contribution in [0, 0.1) is 0 Å². The lowest BCUT2D eigenvalue weighted by molar-refractivity contribution is -0.130. The number of ether oxygens (including phenoxy) is 3. The number of hydrogen-bond donors (Lipinski definition) is 1. The highest BCUT2D eigenvalue weighted by Crippen LogP contribution is 2.36. The first-order valence-electron chi connectivity index (χ1n) is 6.44. The lowest BCUT2D eigenvalue weighted by atomic mass is 9.96. The zero-order chi connectivity index (χ0) is 15.4. The minimum atomic E-state index is -0.957. The topological polar surface area (TPSA) is 85.3 Å². The van der Waals surface area contributed by atoms with Gasteiger partial charge in [0.05, 0.1) is 38.9 Å². The Morgan fingerprint density at radius 2 is 2.00 bits per heavy atom. The Labute approximate surface area is 122 Å². The number of imide groups is 1. The smallest absolute Gasteiger partial charge is 0.416 e. The molecule has 1 unspecified atom stereocenters. The molecule has 0 spiro atoms. The monoisotopic (exact) mass is 295 g/mol. The van der Waals surface area contributed by atoms with Crippen LogP contribution in [0.1, 0.15) is 11.5 Å². The van der Waals surface area contributed by atoms with Crippen molar-refractivity contribution in [2.45, 2.75) is 5.92 Å². The summed E-state index contributed by atoms with van der Waals surface area (Å²) < 4.78 is 15.2. The van der Waals surface area contributed by atoms with Gasteiger partial charge in [-0.15, -0.1) is 0 Å². The molecule has 1 fully saturated rings. The van der Waals surface area contributed by atoms with Gasteiger partial charge in [0.25, 0.3) is 0 Å². The van der Waals surface area contributed by atoms with Crippen molar-refractivity contribution in [2.75, 3.05) is 34.0 Å².